The van der Waals surface area contributed by atoms with Crippen LogP contribution < -0.4 is 5.32 Å². The van der Waals surface area contributed by atoms with E-state index < -0.39 is 11.9 Å². The fourth-order valence-electron chi connectivity index (χ4n) is 1.58. The Morgan fingerprint density at radius 3 is 2.80 bits per heavy atom. The van der Waals surface area contributed by atoms with Crippen LogP contribution in [0.3, 0.4) is 0 Å². The summed E-state index contributed by atoms with van der Waals surface area (Å²) in [7, 11) is 0. The predicted molar refractivity (Wildman–Crippen MR) is 74.1 cm³/mol. The number of aromatic nitrogens is 2. The molecule has 0 spiro atoms. The van der Waals surface area contributed by atoms with Crippen LogP contribution in [-0.4, -0.2) is 33.5 Å². The van der Waals surface area contributed by atoms with Crippen molar-refractivity contribution in [2.24, 2.45) is 0 Å². The Morgan fingerprint density at radius 1 is 1.40 bits per heavy atom. The van der Waals surface area contributed by atoms with Gasteiger partial charge in [-0.3, -0.25) is 4.79 Å². The van der Waals surface area contributed by atoms with Gasteiger partial charge in [0.25, 0.3) is 5.91 Å². The van der Waals surface area contributed by atoms with Crippen molar-refractivity contribution in [2.45, 2.75) is 12.8 Å². The van der Waals surface area contributed by atoms with Crippen LogP contribution in [-0.2, 0) is 0 Å². The van der Waals surface area contributed by atoms with Crippen LogP contribution in [0.1, 0.15) is 38.8 Å². The molecule has 1 amide bonds. The number of hydrogen-bond donors (Lipinski definition) is 2. The molecule has 2 heterocycles. The minimum atomic E-state index is -1.16. The van der Waals surface area contributed by atoms with Crippen molar-refractivity contribution in [3.8, 4) is 0 Å². The number of rotatable bonds is 5. The quantitative estimate of drug-likeness (QED) is 0.876. The number of pyridine rings is 1. The smallest absolute Gasteiger partial charge is 0.354 e. The second-order valence-electron chi connectivity index (χ2n) is 4.19. The third-order valence-electron chi connectivity index (χ3n) is 2.64. The highest BCUT2D eigenvalue weighted by Crippen LogP contribution is 2.16. The molecule has 6 nitrogen and oxygen atoms in total. The highest BCUT2D eigenvalue weighted by Gasteiger charge is 2.13. The van der Waals surface area contributed by atoms with Crippen LogP contribution in [0.15, 0.2) is 29.8 Å². The number of carboxylic acids is 1. The Morgan fingerprint density at radius 2 is 2.15 bits per heavy atom. The number of carbonyl (C=O) groups excluding carboxylic acids is 1. The zero-order chi connectivity index (χ0) is 14.5. The van der Waals surface area contributed by atoms with E-state index >= 15 is 0 Å². The van der Waals surface area contributed by atoms with E-state index in [4.69, 9.17) is 5.11 Å². The molecule has 20 heavy (non-hydrogen) atoms. The lowest BCUT2D eigenvalue weighted by Crippen LogP contribution is -2.28. The number of carbonyl (C=O) groups is 2. The van der Waals surface area contributed by atoms with E-state index in [-0.39, 0.29) is 17.3 Å². The van der Waals surface area contributed by atoms with Crippen molar-refractivity contribution in [3.63, 3.8) is 0 Å². The minimum absolute atomic E-state index is 0.0937. The molecule has 2 aromatic heterocycles. The first-order valence-electron chi connectivity index (χ1n) is 5.96. The van der Waals surface area contributed by atoms with Crippen LogP contribution in [0.2, 0.25) is 0 Å². The number of carboxylic acid groups (broad SMARTS) is 1. The van der Waals surface area contributed by atoms with E-state index in [1.807, 2.05) is 12.3 Å². The molecule has 2 rings (SSSR count). The Hall–Kier alpha value is -2.28. The van der Waals surface area contributed by atoms with Gasteiger partial charge in [-0.25, -0.2) is 14.8 Å². The van der Waals surface area contributed by atoms with E-state index in [2.05, 4.69) is 15.3 Å². The maximum Gasteiger partial charge on any atom is 0.354 e. The van der Waals surface area contributed by atoms with Gasteiger partial charge >= 0.3 is 5.97 Å². The lowest BCUT2D eigenvalue weighted by atomic mass is 10.2. The van der Waals surface area contributed by atoms with Crippen LogP contribution in [0.4, 0.5) is 0 Å². The molecule has 104 valence electrons. The maximum absolute atomic E-state index is 11.9. The van der Waals surface area contributed by atoms with Crippen LogP contribution in [0, 0.1) is 0 Å². The number of amides is 1. The summed E-state index contributed by atoms with van der Waals surface area (Å²) in [5.41, 5.74) is -0.0538. The van der Waals surface area contributed by atoms with E-state index in [0.717, 1.165) is 5.01 Å². The Bertz CT molecular complexity index is 613. The molecule has 0 aromatic carbocycles. The normalized spacial score (nSPS) is 11.8. The Balaban J connectivity index is 1.98. The van der Waals surface area contributed by atoms with Gasteiger partial charge in [0.05, 0.1) is 5.01 Å². The summed E-state index contributed by atoms with van der Waals surface area (Å²) in [4.78, 5) is 30.7. The van der Waals surface area contributed by atoms with E-state index in [0.29, 0.717) is 6.54 Å². The molecule has 2 N–H and O–H groups in total. The number of hydrogen-bond acceptors (Lipinski definition) is 5. The van der Waals surface area contributed by atoms with Crippen molar-refractivity contribution in [1.29, 1.82) is 0 Å². The zero-order valence-corrected chi connectivity index (χ0v) is 11.6. The molecule has 2 aromatic rings. The van der Waals surface area contributed by atoms with Gasteiger partial charge in [-0.2, -0.15) is 0 Å². The third kappa shape index (κ3) is 3.39. The van der Waals surface area contributed by atoms with Gasteiger partial charge in [0.2, 0.25) is 0 Å². The fraction of sp³-hybridized carbons (Fsp3) is 0.231. The second-order valence-corrected chi connectivity index (χ2v) is 5.12. The summed E-state index contributed by atoms with van der Waals surface area (Å²) in [6.45, 7) is 2.38. The van der Waals surface area contributed by atoms with Gasteiger partial charge in [0.1, 0.15) is 11.4 Å². The summed E-state index contributed by atoms with van der Waals surface area (Å²) < 4.78 is 0. The van der Waals surface area contributed by atoms with Gasteiger partial charge in [0, 0.05) is 24.0 Å². The molecule has 0 saturated heterocycles. The topological polar surface area (TPSA) is 92.2 Å². The molecule has 0 bridgehead atoms. The summed E-state index contributed by atoms with van der Waals surface area (Å²) in [6.07, 6.45) is 1.72. The molecular formula is C13H13N3O3S. The maximum atomic E-state index is 11.9. The molecule has 0 aliphatic rings. The standard InChI is InChI=1S/C13H13N3O3S/c1-8(12-14-5-6-20-12)7-15-11(17)9-3-2-4-10(16-9)13(18)19/h2-6,8H,7H2,1H3,(H,15,17)(H,18,19). The van der Waals surface area contributed by atoms with Crippen molar-refractivity contribution in [1.82, 2.24) is 15.3 Å². The van der Waals surface area contributed by atoms with Crippen molar-refractivity contribution in [2.75, 3.05) is 6.54 Å². The first-order chi connectivity index (χ1) is 9.58. The molecule has 0 saturated carbocycles. The Labute approximate surface area is 119 Å². The lowest BCUT2D eigenvalue weighted by molar-refractivity contribution is 0.0690. The molecule has 1 atom stereocenters. The number of aromatic carboxylic acids is 1. The molecule has 0 radical (unpaired) electrons. The van der Waals surface area contributed by atoms with Crippen LogP contribution >= 0.6 is 11.3 Å². The fourth-order valence-corrected chi connectivity index (χ4v) is 2.28. The van der Waals surface area contributed by atoms with E-state index in [1.54, 1.807) is 6.20 Å². The second kappa shape index (κ2) is 6.25. The first kappa shape index (κ1) is 14.1. The SMILES string of the molecule is CC(CNC(=O)c1cccc(C(=O)O)n1)c1nccs1. The average Bonchev–Trinajstić information content (AvgIpc) is 2.98. The van der Waals surface area contributed by atoms with Crippen molar-refractivity contribution >= 4 is 23.2 Å². The van der Waals surface area contributed by atoms with E-state index in [9.17, 15) is 9.59 Å². The van der Waals surface area contributed by atoms with Crippen molar-refractivity contribution < 1.29 is 14.7 Å². The monoisotopic (exact) mass is 291 g/mol. The molecule has 0 fully saturated rings. The Kier molecular flexibility index (Phi) is 4.41. The van der Waals surface area contributed by atoms with E-state index in [1.165, 1.54) is 29.5 Å². The number of nitrogens with one attached hydrogen (secondary N) is 1. The lowest BCUT2D eigenvalue weighted by Gasteiger charge is -2.09. The van der Waals surface area contributed by atoms with Gasteiger partial charge < -0.3 is 10.4 Å². The first-order valence-corrected chi connectivity index (χ1v) is 6.84. The van der Waals surface area contributed by atoms with Crippen LogP contribution in [0.5, 0.6) is 0 Å². The molecule has 7 heteroatoms. The van der Waals surface area contributed by atoms with Gasteiger partial charge in [-0.15, -0.1) is 11.3 Å². The largest absolute Gasteiger partial charge is 0.477 e. The number of nitrogens with zero attached hydrogens (tertiary/aromatic N) is 2. The van der Waals surface area contributed by atoms with Crippen LogP contribution in [0.25, 0.3) is 0 Å². The molecule has 0 aliphatic carbocycles. The zero-order valence-electron chi connectivity index (χ0n) is 10.7. The molecular weight excluding hydrogens is 278 g/mol. The molecule has 0 aliphatic heterocycles. The summed E-state index contributed by atoms with van der Waals surface area (Å²) in [6, 6.07) is 4.32. The predicted octanol–water partition coefficient (Wildman–Crippen LogP) is 1.77. The highest BCUT2D eigenvalue weighted by molar-refractivity contribution is 7.09. The molecule has 1 unspecified atom stereocenters. The summed E-state index contributed by atoms with van der Waals surface area (Å²) in [5.74, 6) is -1.45. The average molecular weight is 291 g/mol. The van der Waals surface area contributed by atoms with Gasteiger partial charge in [0.15, 0.2) is 0 Å². The third-order valence-corrected chi connectivity index (χ3v) is 3.65. The minimum Gasteiger partial charge on any atom is -0.477 e. The highest BCUT2D eigenvalue weighted by atomic mass is 32.1. The summed E-state index contributed by atoms with van der Waals surface area (Å²) in [5, 5.41) is 14.4. The van der Waals surface area contributed by atoms with Gasteiger partial charge in [-0.05, 0) is 12.1 Å². The number of thiazole rings is 1. The van der Waals surface area contributed by atoms with Gasteiger partial charge in [-0.1, -0.05) is 13.0 Å². The van der Waals surface area contributed by atoms with Crippen molar-refractivity contribution in [3.05, 3.63) is 46.2 Å². The summed E-state index contributed by atoms with van der Waals surface area (Å²) >= 11 is 1.53.